The highest BCUT2D eigenvalue weighted by Gasteiger charge is 2.15. The van der Waals surface area contributed by atoms with Crippen molar-refractivity contribution in [3.05, 3.63) is 66.2 Å². The Morgan fingerprint density at radius 1 is 1.03 bits per heavy atom. The number of amides is 1. The molecule has 0 spiro atoms. The van der Waals surface area contributed by atoms with Crippen molar-refractivity contribution in [2.24, 2.45) is 0 Å². The molecule has 1 fully saturated rings. The average Bonchev–Trinajstić information content (AvgIpc) is 2.82. The third-order valence-corrected chi connectivity index (χ3v) is 5.53. The van der Waals surface area contributed by atoms with E-state index < -0.39 is 6.10 Å². The molecule has 2 N–H and O–H groups in total. The van der Waals surface area contributed by atoms with Gasteiger partial charge in [0, 0.05) is 32.2 Å². The quantitative estimate of drug-likeness (QED) is 0.615. The summed E-state index contributed by atoms with van der Waals surface area (Å²) in [5, 5.41) is 15.1. The smallest absolute Gasteiger partial charge is 0.251 e. The maximum Gasteiger partial charge on any atom is 0.251 e. The van der Waals surface area contributed by atoms with Gasteiger partial charge in [0.15, 0.2) is 0 Å². The molecule has 162 valence electrons. The molecular formula is C25H28N2O4. The second-order valence-corrected chi connectivity index (χ2v) is 7.76. The highest BCUT2D eigenvalue weighted by atomic mass is 16.5. The molecule has 1 unspecified atom stereocenters. The third kappa shape index (κ3) is 5.41. The van der Waals surface area contributed by atoms with E-state index in [2.05, 4.69) is 28.4 Å². The van der Waals surface area contributed by atoms with Crippen molar-refractivity contribution in [2.45, 2.75) is 6.10 Å². The Balaban J connectivity index is 1.43. The van der Waals surface area contributed by atoms with E-state index in [1.54, 1.807) is 7.05 Å². The van der Waals surface area contributed by atoms with Crippen molar-refractivity contribution in [2.75, 3.05) is 46.5 Å². The van der Waals surface area contributed by atoms with Gasteiger partial charge in [0.2, 0.25) is 0 Å². The van der Waals surface area contributed by atoms with Crippen LogP contribution < -0.4 is 10.1 Å². The number of nitrogens with zero attached hydrogens (tertiary/aromatic N) is 1. The summed E-state index contributed by atoms with van der Waals surface area (Å²) in [5.74, 6) is 0.642. The first-order chi connectivity index (χ1) is 15.1. The van der Waals surface area contributed by atoms with Crippen molar-refractivity contribution in [1.29, 1.82) is 0 Å². The van der Waals surface area contributed by atoms with Crippen LogP contribution in [0, 0.1) is 0 Å². The predicted octanol–water partition coefficient (Wildman–Crippen LogP) is 2.94. The number of aliphatic hydroxyl groups is 1. The second kappa shape index (κ2) is 9.92. The normalized spacial score (nSPS) is 15.5. The van der Waals surface area contributed by atoms with Gasteiger partial charge in [-0.2, -0.15) is 0 Å². The molecule has 4 rings (SSSR count). The van der Waals surface area contributed by atoms with Crippen molar-refractivity contribution in [1.82, 2.24) is 10.2 Å². The summed E-state index contributed by atoms with van der Waals surface area (Å²) < 4.78 is 11.2. The molecule has 0 saturated carbocycles. The van der Waals surface area contributed by atoms with Gasteiger partial charge in [0.25, 0.3) is 5.91 Å². The summed E-state index contributed by atoms with van der Waals surface area (Å²) in [5.41, 5.74) is 2.75. The van der Waals surface area contributed by atoms with Crippen molar-refractivity contribution in [3.8, 4) is 16.9 Å². The maximum atomic E-state index is 11.7. The zero-order valence-electron chi connectivity index (χ0n) is 17.7. The monoisotopic (exact) mass is 420 g/mol. The number of carbonyl (C=O) groups is 1. The first-order valence-corrected chi connectivity index (χ1v) is 10.6. The van der Waals surface area contributed by atoms with Crippen molar-refractivity contribution in [3.63, 3.8) is 0 Å². The standard InChI is InChI=1S/C25H28N2O4/c1-26-25(29)20-5-2-18(3-6-20)21-7-4-19-8-9-24(15-22(19)14-21)31-17-23(28)16-27-10-12-30-13-11-27/h2-9,14-15,23,28H,10-13,16-17H2,1H3,(H,26,29). The summed E-state index contributed by atoms with van der Waals surface area (Å²) in [6.45, 7) is 3.97. The van der Waals surface area contributed by atoms with Crippen LogP contribution in [0.25, 0.3) is 21.9 Å². The summed E-state index contributed by atoms with van der Waals surface area (Å²) in [4.78, 5) is 13.9. The maximum absolute atomic E-state index is 11.7. The molecule has 0 radical (unpaired) electrons. The molecule has 1 heterocycles. The molecule has 31 heavy (non-hydrogen) atoms. The van der Waals surface area contributed by atoms with Gasteiger partial charge in [-0.05, 0) is 52.2 Å². The minimum absolute atomic E-state index is 0.0948. The topological polar surface area (TPSA) is 71.0 Å². The number of rotatable bonds is 7. The largest absolute Gasteiger partial charge is 0.491 e. The lowest BCUT2D eigenvalue weighted by Crippen LogP contribution is -2.42. The Morgan fingerprint density at radius 2 is 1.74 bits per heavy atom. The molecule has 1 saturated heterocycles. The van der Waals surface area contributed by atoms with Crippen molar-refractivity contribution >= 4 is 16.7 Å². The summed E-state index contributed by atoms with van der Waals surface area (Å²) in [6, 6.07) is 19.8. The van der Waals surface area contributed by atoms with E-state index in [9.17, 15) is 9.90 Å². The van der Waals surface area contributed by atoms with Gasteiger partial charge in [-0.1, -0.05) is 30.3 Å². The lowest BCUT2D eigenvalue weighted by Gasteiger charge is -2.28. The van der Waals surface area contributed by atoms with Crippen LogP contribution in [0.2, 0.25) is 0 Å². The number of β-amino-alcohol motifs (C(OH)–C–C–N with tert-alkyl or cyclic N) is 1. The molecular weight excluding hydrogens is 392 g/mol. The number of aliphatic hydroxyl groups excluding tert-OH is 1. The van der Waals surface area contributed by atoms with Crippen LogP contribution >= 0.6 is 0 Å². The van der Waals surface area contributed by atoms with Gasteiger partial charge in [-0.25, -0.2) is 0 Å². The van der Waals surface area contributed by atoms with Crippen LogP contribution in [0.4, 0.5) is 0 Å². The molecule has 3 aromatic rings. The van der Waals surface area contributed by atoms with Crippen LogP contribution in [0.1, 0.15) is 10.4 Å². The summed E-state index contributed by atoms with van der Waals surface area (Å²) in [6.07, 6.45) is -0.543. The van der Waals surface area contributed by atoms with Crippen LogP contribution in [0.15, 0.2) is 60.7 Å². The fourth-order valence-electron chi connectivity index (χ4n) is 3.78. The number of benzene rings is 3. The van der Waals surface area contributed by atoms with Crippen LogP contribution in [0.5, 0.6) is 5.75 Å². The number of hydrogen-bond donors (Lipinski definition) is 2. The minimum Gasteiger partial charge on any atom is -0.491 e. The number of hydrogen-bond acceptors (Lipinski definition) is 5. The molecule has 6 heteroatoms. The molecule has 1 aliphatic rings. The van der Waals surface area contributed by atoms with E-state index in [1.165, 1.54) is 0 Å². The van der Waals surface area contributed by atoms with Gasteiger partial charge in [0.1, 0.15) is 18.5 Å². The highest BCUT2D eigenvalue weighted by Crippen LogP contribution is 2.27. The first kappa shape index (κ1) is 21.3. The highest BCUT2D eigenvalue weighted by molar-refractivity contribution is 5.95. The lowest BCUT2D eigenvalue weighted by atomic mass is 10.00. The van der Waals surface area contributed by atoms with Crippen molar-refractivity contribution < 1.29 is 19.4 Å². The van der Waals surface area contributed by atoms with Gasteiger partial charge in [-0.15, -0.1) is 0 Å². The van der Waals surface area contributed by atoms with E-state index >= 15 is 0 Å². The van der Waals surface area contributed by atoms with Crippen LogP contribution in [-0.4, -0.2) is 68.5 Å². The third-order valence-electron chi connectivity index (χ3n) is 5.53. The Hall–Kier alpha value is -2.93. The molecule has 0 aliphatic carbocycles. The number of ether oxygens (including phenoxy) is 2. The van der Waals surface area contributed by atoms with Crippen LogP contribution in [0.3, 0.4) is 0 Å². The molecule has 1 amide bonds. The average molecular weight is 421 g/mol. The molecule has 1 atom stereocenters. The zero-order valence-corrected chi connectivity index (χ0v) is 17.7. The van der Waals surface area contributed by atoms with E-state index in [-0.39, 0.29) is 12.5 Å². The van der Waals surface area contributed by atoms with E-state index in [1.807, 2.05) is 42.5 Å². The predicted molar refractivity (Wildman–Crippen MR) is 122 cm³/mol. The lowest BCUT2D eigenvalue weighted by molar-refractivity contribution is 0.00466. The van der Waals surface area contributed by atoms with E-state index in [0.29, 0.717) is 12.1 Å². The van der Waals surface area contributed by atoms with Crippen LogP contribution in [-0.2, 0) is 4.74 Å². The second-order valence-electron chi connectivity index (χ2n) is 7.76. The van der Waals surface area contributed by atoms with Gasteiger partial charge < -0.3 is 19.9 Å². The summed E-state index contributed by atoms with van der Waals surface area (Å²) in [7, 11) is 1.63. The zero-order chi connectivity index (χ0) is 21.6. The number of fused-ring (bicyclic) bond motifs is 1. The van der Waals surface area contributed by atoms with E-state index in [4.69, 9.17) is 9.47 Å². The Labute approximate surface area is 182 Å². The fraction of sp³-hybridized carbons (Fsp3) is 0.320. The van der Waals surface area contributed by atoms with Gasteiger partial charge >= 0.3 is 0 Å². The molecule has 0 aromatic heterocycles. The number of nitrogens with one attached hydrogen (secondary N) is 1. The molecule has 1 aliphatic heterocycles. The molecule has 6 nitrogen and oxygen atoms in total. The summed E-state index contributed by atoms with van der Waals surface area (Å²) >= 11 is 0. The first-order valence-electron chi connectivity index (χ1n) is 10.6. The number of carbonyl (C=O) groups excluding carboxylic acids is 1. The molecule has 3 aromatic carbocycles. The Bertz CT molecular complexity index is 1030. The SMILES string of the molecule is CNC(=O)c1ccc(-c2ccc3ccc(OCC(O)CN4CCOCC4)cc3c2)cc1. The van der Waals surface area contributed by atoms with Gasteiger partial charge in [0.05, 0.1) is 13.2 Å². The number of morpholine rings is 1. The fourth-order valence-corrected chi connectivity index (χ4v) is 3.78. The van der Waals surface area contributed by atoms with E-state index in [0.717, 1.165) is 54.0 Å². The van der Waals surface area contributed by atoms with Gasteiger partial charge in [-0.3, -0.25) is 9.69 Å². The molecule has 0 bridgehead atoms. The minimum atomic E-state index is -0.543. The Kier molecular flexibility index (Phi) is 6.82. The Morgan fingerprint density at radius 3 is 2.48 bits per heavy atom.